The van der Waals surface area contributed by atoms with Gasteiger partial charge in [-0.05, 0) is 32.1 Å². The van der Waals surface area contributed by atoms with Crippen molar-refractivity contribution in [2.45, 2.75) is 186 Å². The van der Waals surface area contributed by atoms with Gasteiger partial charge in [0.25, 0.3) is 0 Å². The van der Waals surface area contributed by atoms with Crippen molar-refractivity contribution in [3.63, 3.8) is 0 Å². The van der Waals surface area contributed by atoms with Gasteiger partial charge in [0.2, 0.25) is 0 Å². The van der Waals surface area contributed by atoms with Crippen molar-refractivity contribution in [3.8, 4) is 0 Å². The highest BCUT2D eigenvalue weighted by Crippen LogP contribution is 2.43. The number of phosphoric ester groups is 1. The van der Waals surface area contributed by atoms with Crippen LogP contribution in [0.4, 0.5) is 0 Å². The molecule has 0 bridgehead atoms. The lowest BCUT2D eigenvalue weighted by Crippen LogP contribution is -2.37. The zero-order chi connectivity index (χ0) is 43.2. The van der Waals surface area contributed by atoms with E-state index in [1.807, 2.05) is 51.5 Å². The molecule has 0 aliphatic rings. The molecule has 0 amide bonds. The van der Waals surface area contributed by atoms with E-state index in [1.165, 1.54) is 70.6 Å². The first-order valence-electron chi connectivity index (χ1n) is 22.6. The van der Waals surface area contributed by atoms with Crippen LogP contribution < -0.4 is 0 Å². The number of hydrogen-bond acceptors (Lipinski definition) is 9. The number of phosphoric acid groups is 1. The maximum atomic E-state index is 12.7. The number of rotatable bonds is 40. The van der Waals surface area contributed by atoms with Crippen LogP contribution in [0.5, 0.6) is 0 Å². The zero-order valence-corrected chi connectivity index (χ0v) is 38.1. The summed E-state index contributed by atoms with van der Waals surface area (Å²) in [5.74, 6) is -1.02. The van der Waals surface area contributed by atoms with Crippen LogP contribution in [0.1, 0.15) is 168 Å². The van der Waals surface area contributed by atoms with Crippen LogP contribution in [0.25, 0.3) is 0 Å². The first-order valence-corrected chi connectivity index (χ1v) is 24.1. The van der Waals surface area contributed by atoms with Crippen molar-refractivity contribution in [2.75, 3.05) is 47.5 Å². The average Bonchev–Trinajstić information content (AvgIpc) is 3.16. The Balaban J connectivity index is 4.59. The summed E-state index contributed by atoms with van der Waals surface area (Å²) in [5.41, 5.74) is 0. The highest BCUT2D eigenvalue weighted by Gasteiger charge is 2.27. The van der Waals surface area contributed by atoms with Gasteiger partial charge in [0, 0.05) is 12.8 Å². The zero-order valence-electron chi connectivity index (χ0n) is 37.2. The van der Waals surface area contributed by atoms with Crippen molar-refractivity contribution in [1.82, 2.24) is 0 Å². The standard InChI is InChI=1S/C46H84NO10P/c1-6-8-10-11-12-13-14-15-16-17-18-19-23-26-30-36-45(50)54-40-44(41-56-58(52,53)55-39-38-47(3,4)5)57-46(51)37-31-35-43(49)34-29-25-22-20-21-24-28-33-42(48)32-27-9-7-2/h21-22,24-25,28-29,33-34,42-44,48-49H,6-20,23,26-27,30-32,35-41H2,1-5H3/p+1/b24-21-,25-22-,33-28+,34-29+/t42-,43-,44-/m1/s1. The molecule has 0 aromatic carbocycles. The van der Waals surface area contributed by atoms with Crippen LogP contribution in [0, 0.1) is 0 Å². The molecule has 0 heterocycles. The molecule has 0 radical (unpaired) electrons. The number of carbonyl (C=O) groups excluding carboxylic acids is 2. The van der Waals surface area contributed by atoms with Crippen LogP contribution in [0.15, 0.2) is 48.6 Å². The second kappa shape index (κ2) is 37.9. The normalized spacial score (nSPS) is 15.1. The highest BCUT2D eigenvalue weighted by molar-refractivity contribution is 7.47. The van der Waals surface area contributed by atoms with Gasteiger partial charge in [-0.3, -0.25) is 18.6 Å². The predicted octanol–water partition coefficient (Wildman–Crippen LogP) is 10.6. The number of likely N-dealkylation sites (N-methyl/N-ethyl adjacent to an activating group) is 1. The Kier molecular flexibility index (Phi) is 36.5. The number of ether oxygens (including phenoxy) is 2. The van der Waals surface area contributed by atoms with E-state index in [2.05, 4.69) is 13.8 Å². The second-order valence-electron chi connectivity index (χ2n) is 16.5. The van der Waals surface area contributed by atoms with E-state index in [0.717, 1.165) is 44.9 Å². The molecule has 0 fully saturated rings. The molecule has 0 saturated carbocycles. The molecule has 3 N–H and O–H groups in total. The van der Waals surface area contributed by atoms with Crippen LogP contribution in [-0.4, -0.2) is 97.3 Å². The average molecular weight is 843 g/mol. The van der Waals surface area contributed by atoms with Crippen LogP contribution in [0.2, 0.25) is 0 Å². The topological polar surface area (TPSA) is 149 Å². The second-order valence-corrected chi connectivity index (χ2v) is 17.9. The molecule has 1 unspecified atom stereocenters. The molecule has 0 spiro atoms. The SMILES string of the molecule is CCCCCCCCCCCCCCCCCC(=O)OC[C@H](COP(=O)(O)OCC[N+](C)(C)C)OC(=O)CCC[C@H](O)/C=C/C=C\C/C=C\C=C\[C@H](O)CCCCC. The molecular formula is C46H85NO10P+. The van der Waals surface area contributed by atoms with E-state index in [4.69, 9.17) is 18.5 Å². The summed E-state index contributed by atoms with van der Waals surface area (Å²) in [6, 6.07) is 0. The highest BCUT2D eigenvalue weighted by atomic mass is 31.2. The maximum absolute atomic E-state index is 12.7. The van der Waals surface area contributed by atoms with E-state index in [9.17, 15) is 29.3 Å². The first-order chi connectivity index (χ1) is 27.8. The Labute approximate surface area is 353 Å². The van der Waals surface area contributed by atoms with Gasteiger partial charge in [0.1, 0.15) is 19.8 Å². The number of aliphatic hydroxyl groups is 2. The van der Waals surface area contributed by atoms with E-state index >= 15 is 0 Å². The van der Waals surface area contributed by atoms with Gasteiger partial charge < -0.3 is 29.1 Å². The first kappa shape index (κ1) is 55.9. The van der Waals surface area contributed by atoms with Gasteiger partial charge in [0.15, 0.2) is 6.10 Å². The summed E-state index contributed by atoms with van der Waals surface area (Å²) in [6.45, 7) is 4.05. The largest absolute Gasteiger partial charge is 0.472 e. The lowest BCUT2D eigenvalue weighted by Gasteiger charge is -2.24. The Bertz CT molecular complexity index is 1170. The molecule has 338 valence electrons. The lowest BCUT2D eigenvalue weighted by atomic mass is 10.0. The lowest BCUT2D eigenvalue weighted by molar-refractivity contribution is -0.870. The van der Waals surface area contributed by atoms with Crippen LogP contribution in [0.3, 0.4) is 0 Å². The van der Waals surface area contributed by atoms with Crippen LogP contribution >= 0.6 is 7.82 Å². The Hall–Kier alpha value is -2.11. The third kappa shape index (κ3) is 40.7. The van der Waals surface area contributed by atoms with Crippen molar-refractivity contribution in [2.24, 2.45) is 0 Å². The number of nitrogens with zero attached hydrogens (tertiary/aromatic N) is 1. The molecule has 4 atom stereocenters. The molecule has 11 nitrogen and oxygen atoms in total. The fourth-order valence-corrected chi connectivity index (χ4v) is 6.68. The number of esters is 2. The maximum Gasteiger partial charge on any atom is 0.472 e. The third-order valence-electron chi connectivity index (χ3n) is 9.57. The summed E-state index contributed by atoms with van der Waals surface area (Å²) in [6.07, 6.45) is 36.6. The molecule has 0 rings (SSSR count). The van der Waals surface area contributed by atoms with Gasteiger partial charge in [0.05, 0.1) is 40.0 Å². The van der Waals surface area contributed by atoms with E-state index in [-0.39, 0.29) is 26.1 Å². The fraction of sp³-hybridized carbons (Fsp3) is 0.783. The smallest absolute Gasteiger partial charge is 0.462 e. The molecule has 0 aromatic rings. The molecule has 0 aliphatic heterocycles. The van der Waals surface area contributed by atoms with Gasteiger partial charge in [-0.15, -0.1) is 0 Å². The summed E-state index contributed by atoms with van der Waals surface area (Å²) in [4.78, 5) is 35.4. The molecule has 58 heavy (non-hydrogen) atoms. The number of allylic oxidation sites excluding steroid dienone is 6. The molecule has 0 saturated heterocycles. The summed E-state index contributed by atoms with van der Waals surface area (Å²) >= 11 is 0. The van der Waals surface area contributed by atoms with E-state index in [1.54, 1.807) is 18.2 Å². The fourth-order valence-electron chi connectivity index (χ4n) is 5.93. The monoisotopic (exact) mass is 843 g/mol. The molecular weight excluding hydrogens is 757 g/mol. The number of quaternary nitrogens is 1. The Morgan fingerprint density at radius 1 is 0.603 bits per heavy atom. The minimum atomic E-state index is -4.44. The number of unbranched alkanes of at least 4 members (excludes halogenated alkanes) is 16. The Morgan fingerprint density at radius 2 is 1.07 bits per heavy atom. The van der Waals surface area contributed by atoms with Gasteiger partial charge in [-0.2, -0.15) is 0 Å². The van der Waals surface area contributed by atoms with Crippen molar-refractivity contribution >= 4 is 19.8 Å². The third-order valence-corrected chi connectivity index (χ3v) is 10.6. The van der Waals surface area contributed by atoms with E-state index in [0.29, 0.717) is 36.7 Å². The number of aliphatic hydroxyl groups excluding tert-OH is 2. The summed E-state index contributed by atoms with van der Waals surface area (Å²) in [7, 11) is 1.33. The summed E-state index contributed by atoms with van der Waals surface area (Å²) in [5, 5.41) is 20.2. The molecule has 0 aromatic heterocycles. The van der Waals surface area contributed by atoms with Gasteiger partial charge in [-0.25, -0.2) is 4.57 Å². The van der Waals surface area contributed by atoms with Gasteiger partial charge in [-0.1, -0.05) is 172 Å². The molecule has 12 heteroatoms. The van der Waals surface area contributed by atoms with Crippen molar-refractivity contribution in [3.05, 3.63) is 48.6 Å². The van der Waals surface area contributed by atoms with E-state index < -0.39 is 44.7 Å². The van der Waals surface area contributed by atoms with Gasteiger partial charge >= 0.3 is 19.8 Å². The summed E-state index contributed by atoms with van der Waals surface area (Å²) < 4.78 is 34.1. The van der Waals surface area contributed by atoms with Crippen molar-refractivity contribution in [1.29, 1.82) is 0 Å². The predicted molar refractivity (Wildman–Crippen MR) is 236 cm³/mol. The minimum Gasteiger partial charge on any atom is -0.462 e. The number of hydrogen-bond donors (Lipinski definition) is 3. The van der Waals surface area contributed by atoms with Crippen LogP contribution in [-0.2, 0) is 32.7 Å². The molecule has 0 aliphatic carbocycles. The van der Waals surface area contributed by atoms with Crippen molar-refractivity contribution < 1.29 is 52.3 Å². The number of carbonyl (C=O) groups is 2. The quantitative estimate of drug-likeness (QED) is 0.0179. The Morgan fingerprint density at radius 3 is 1.59 bits per heavy atom. The minimum absolute atomic E-state index is 0.00723.